The Balaban J connectivity index is 3.20. The SMILES string of the molecule is CCC[N]OC(CC)OCC. The first-order chi connectivity index (χ1) is 5.35. The van der Waals surface area contributed by atoms with Crippen molar-refractivity contribution in [2.24, 2.45) is 0 Å². The molecule has 0 saturated heterocycles. The van der Waals surface area contributed by atoms with Gasteiger partial charge in [0.05, 0.1) is 0 Å². The number of hydrogen-bond acceptors (Lipinski definition) is 2. The molecule has 1 atom stereocenters. The van der Waals surface area contributed by atoms with Crippen LogP contribution in [-0.4, -0.2) is 19.4 Å². The molecule has 0 spiro atoms. The van der Waals surface area contributed by atoms with Crippen LogP contribution in [0, 0.1) is 0 Å². The van der Waals surface area contributed by atoms with E-state index in [4.69, 9.17) is 9.57 Å². The van der Waals surface area contributed by atoms with Crippen molar-refractivity contribution in [1.82, 2.24) is 5.48 Å². The number of rotatable bonds is 7. The van der Waals surface area contributed by atoms with Crippen LogP contribution in [0.5, 0.6) is 0 Å². The van der Waals surface area contributed by atoms with Crippen LogP contribution >= 0.6 is 0 Å². The summed E-state index contributed by atoms with van der Waals surface area (Å²) in [5.41, 5.74) is 3.85. The second-order valence-electron chi connectivity index (χ2n) is 2.25. The highest BCUT2D eigenvalue weighted by Crippen LogP contribution is 1.97. The molecular formula is C8H18NO2. The van der Waals surface area contributed by atoms with Crippen LogP contribution in [0.2, 0.25) is 0 Å². The third kappa shape index (κ3) is 6.28. The molecule has 0 aromatic heterocycles. The van der Waals surface area contributed by atoms with Crippen LogP contribution in [0.3, 0.4) is 0 Å². The van der Waals surface area contributed by atoms with Crippen LogP contribution < -0.4 is 5.48 Å². The van der Waals surface area contributed by atoms with Gasteiger partial charge in [-0.1, -0.05) is 19.3 Å². The van der Waals surface area contributed by atoms with E-state index in [1.807, 2.05) is 13.8 Å². The van der Waals surface area contributed by atoms with Crippen LogP contribution in [0.1, 0.15) is 33.6 Å². The molecule has 0 bridgehead atoms. The van der Waals surface area contributed by atoms with Crippen molar-refractivity contribution in [3.8, 4) is 0 Å². The molecular weight excluding hydrogens is 142 g/mol. The molecule has 0 aromatic carbocycles. The minimum atomic E-state index is -0.147. The maximum Gasteiger partial charge on any atom is 0.178 e. The number of nitrogens with zero attached hydrogens (tertiary/aromatic N) is 1. The van der Waals surface area contributed by atoms with E-state index in [1.54, 1.807) is 0 Å². The first-order valence-electron chi connectivity index (χ1n) is 4.29. The Labute approximate surface area is 69.0 Å². The van der Waals surface area contributed by atoms with E-state index in [9.17, 15) is 0 Å². The fourth-order valence-corrected chi connectivity index (χ4v) is 0.636. The Hall–Kier alpha value is -0.120. The van der Waals surface area contributed by atoms with Crippen LogP contribution in [0.15, 0.2) is 0 Å². The highest BCUT2D eigenvalue weighted by atomic mass is 16.8. The molecule has 11 heavy (non-hydrogen) atoms. The van der Waals surface area contributed by atoms with Crippen molar-refractivity contribution in [1.29, 1.82) is 0 Å². The molecule has 0 heterocycles. The third-order valence-corrected chi connectivity index (χ3v) is 1.19. The normalized spacial score (nSPS) is 13.4. The van der Waals surface area contributed by atoms with Gasteiger partial charge in [0.2, 0.25) is 0 Å². The quantitative estimate of drug-likeness (QED) is 0.322. The zero-order valence-corrected chi connectivity index (χ0v) is 7.67. The Morgan fingerprint density at radius 2 is 2.00 bits per heavy atom. The molecule has 0 fully saturated rings. The summed E-state index contributed by atoms with van der Waals surface area (Å²) in [6.45, 7) is 7.46. The molecule has 67 valence electrons. The standard InChI is InChI=1S/C8H18NO2/c1-4-7-9-11-8(5-2)10-6-3/h8H,4-7H2,1-3H3. The molecule has 0 rings (SSSR count). The number of hydroxylamine groups is 1. The van der Waals surface area contributed by atoms with Crippen LogP contribution in [0.25, 0.3) is 0 Å². The highest BCUT2D eigenvalue weighted by molar-refractivity contribution is 4.36. The van der Waals surface area contributed by atoms with Crippen molar-refractivity contribution < 1.29 is 9.57 Å². The van der Waals surface area contributed by atoms with Gasteiger partial charge >= 0.3 is 0 Å². The molecule has 0 aliphatic rings. The summed E-state index contributed by atoms with van der Waals surface area (Å²) in [5.74, 6) is 0. The van der Waals surface area contributed by atoms with Gasteiger partial charge < -0.3 is 4.74 Å². The zero-order chi connectivity index (χ0) is 8.53. The summed E-state index contributed by atoms with van der Waals surface area (Å²) < 4.78 is 5.22. The molecule has 3 heteroatoms. The van der Waals surface area contributed by atoms with Gasteiger partial charge in [0.15, 0.2) is 6.29 Å². The van der Waals surface area contributed by atoms with Crippen molar-refractivity contribution >= 4 is 0 Å². The summed E-state index contributed by atoms with van der Waals surface area (Å²) in [5, 5.41) is 0. The lowest BCUT2D eigenvalue weighted by Crippen LogP contribution is -2.21. The molecule has 0 N–H and O–H groups in total. The fraction of sp³-hybridized carbons (Fsp3) is 1.00. The van der Waals surface area contributed by atoms with E-state index in [2.05, 4.69) is 12.4 Å². The number of hydrogen-bond donors (Lipinski definition) is 0. The molecule has 1 radical (unpaired) electrons. The Bertz CT molecular complexity index is 78.5. The van der Waals surface area contributed by atoms with Crippen molar-refractivity contribution in [3.63, 3.8) is 0 Å². The molecule has 0 saturated carbocycles. The molecule has 0 amide bonds. The van der Waals surface area contributed by atoms with E-state index in [0.717, 1.165) is 19.4 Å². The van der Waals surface area contributed by atoms with Gasteiger partial charge in [0.1, 0.15) is 0 Å². The fourth-order valence-electron chi connectivity index (χ4n) is 0.636. The second-order valence-corrected chi connectivity index (χ2v) is 2.25. The summed E-state index contributed by atoms with van der Waals surface area (Å²) in [7, 11) is 0. The zero-order valence-electron chi connectivity index (χ0n) is 7.67. The maximum atomic E-state index is 5.22. The van der Waals surface area contributed by atoms with Crippen LogP contribution in [-0.2, 0) is 9.57 Å². The summed E-state index contributed by atoms with van der Waals surface area (Å²) in [4.78, 5) is 5.07. The summed E-state index contributed by atoms with van der Waals surface area (Å²) >= 11 is 0. The second kappa shape index (κ2) is 7.98. The monoisotopic (exact) mass is 160 g/mol. The molecule has 3 nitrogen and oxygen atoms in total. The van der Waals surface area contributed by atoms with Gasteiger partial charge in [-0.15, -0.1) is 0 Å². The Morgan fingerprint density at radius 3 is 2.45 bits per heavy atom. The van der Waals surface area contributed by atoms with E-state index in [-0.39, 0.29) is 6.29 Å². The first kappa shape index (κ1) is 10.9. The largest absolute Gasteiger partial charge is 0.351 e. The van der Waals surface area contributed by atoms with Gasteiger partial charge in [0, 0.05) is 13.2 Å². The van der Waals surface area contributed by atoms with Gasteiger partial charge in [-0.3, -0.25) is 4.84 Å². The molecule has 1 unspecified atom stereocenters. The Kier molecular flexibility index (Phi) is 7.89. The van der Waals surface area contributed by atoms with Crippen molar-refractivity contribution in [2.75, 3.05) is 13.2 Å². The predicted octanol–water partition coefficient (Wildman–Crippen LogP) is 1.70. The van der Waals surface area contributed by atoms with Gasteiger partial charge in [-0.05, 0) is 19.8 Å². The van der Waals surface area contributed by atoms with Gasteiger partial charge in [-0.2, -0.15) is 0 Å². The van der Waals surface area contributed by atoms with E-state index < -0.39 is 0 Å². The highest BCUT2D eigenvalue weighted by Gasteiger charge is 2.04. The van der Waals surface area contributed by atoms with Gasteiger partial charge in [0.25, 0.3) is 0 Å². The lowest BCUT2D eigenvalue weighted by atomic mass is 10.5. The topological polar surface area (TPSA) is 32.6 Å². The lowest BCUT2D eigenvalue weighted by molar-refractivity contribution is -0.181. The maximum absolute atomic E-state index is 5.22. The predicted molar refractivity (Wildman–Crippen MR) is 44.1 cm³/mol. The van der Waals surface area contributed by atoms with E-state index in [1.165, 1.54) is 0 Å². The van der Waals surface area contributed by atoms with Gasteiger partial charge in [-0.25, -0.2) is 0 Å². The first-order valence-corrected chi connectivity index (χ1v) is 4.29. The minimum Gasteiger partial charge on any atom is -0.351 e. The molecule has 0 aliphatic heterocycles. The third-order valence-electron chi connectivity index (χ3n) is 1.19. The molecule has 0 aliphatic carbocycles. The van der Waals surface area contributed by atoms with Crippen LogP contribution in [0.4, 0.5) is 0 Å². The summed E-state index contributed by atoms with van der Waals surface area (Å²) in [6.07, 6.45) is 1.72. The lowest BCUT2D eigenvalue weighted by Gasteiger charge is -2.13. The number of ether oxygens (including phenoxy) is 1. The average Bonchev–Trinajstić information content (AvgIpc) is 2.03. The molecule has 0 aromatic rings. The van der Waals surface area contributed by atoms with Crippen molar-refractivity contribution in [2.45, 2.75) is 39.9 Å². The Morgan fingerprint density at radius 1 is 1.27 bits per heavy atom. The average molecular weight is 160 g/mol. The smallest absolute Gasteiger partial charge is 0.178 e. The van der Waals surface area contributed by atoms with E-state index in [0.29, 0.717) is 6.61 Å². The van der Waals surface area contributed by atoms with E-state index >= 15 is 0 Å². The minimum absolute atomic E-state index is 0.147. The summed E-state index contributed by atoms with van der Waals surface area (Å²) in [6, 6.07) is 0. The van der Waals surface area contributed by atoms with Crippen molar-refractivity contribution in [3.05, 3.63) is 0 Å².